The van der Waals surface area contributed by atoms with Gasteiger partial charge >= 0.3 is 23.7 Å². The summed E-state index contributed by atoms with van der Waals surface area (Å²) in [4.78, 5) is 12.3. The third-order valence-corrected chi connectivity index (χ3v) is 10.1. The fourth-order valence-corrected chi connectivity index (χ4v) is 7.24. The lowest BCUT2D eigenvalue weighted by molar-refractivity contribution is -0.149. The first-order valence-corrected chi connectivity index (χ1v) is 12.6. The van der Waals surface area contributed by atoms with Crippen molar-refractivity contribution in [3.05, 3.63) is 0 Å². The summed E-state index contributed by atoms with van der Waals surface area (Å²) >= 11 is 0. The van der Waals surface area contributed by atoms with Gasteiger partial charge in [0.1, 0.15) is 0 Å². The van der Waals surface area contributed by atoms with Crippen LogP contribution in [0.1, 0.15) is 39.5 Å². The van der Waals surface area contributed by atoms with Crippen LogP contribution in [0, 0.1) is 0 Å². The lowest BCUT2D eigenvalue weighted by Crippen LogP contribution is -2.60. The summed E-state index contributed by atoms with van der Waals surface area (Å²) in [6, 6.07) is 0. The number of rotatable bonds is 16. The van der Waals surface area contributed by atoms with Crippen molar-refractivity contribution in [1.29, 1.82) is 0 Å². The maximum atomic E-state index is 12.3. The van der Waals surface area contributed by atoms with Crippen molar-refractivity contribution in [2.24, 2.45) is 0 Å². The van der Waals surface area contributed by atoms with Crippen LogP contribution in [0.3, 0.4) is 0 Å². The van der Waals surface area contributed by atoms with Crippen molar-refractivity contribution in [2.75, 3.05) is 55.7 Å². The van der Waals surface area contributed by atoms with Crippen LogP contribution in [-0.4, -0.2) is 89.8 Å². The molecule has 0 saturated heterocycles. The third-order valence-electron chi connectivity index (χ3n) is 4.36. The molecule has 0 bridgehead atoms. The molecule has 1 unspecified atom stereocenters. The van der Waals surface area contributed by atoms with E-state index in [1.54, 1.807) is 21.3 Å². The molecular weight excluding hydrogens is 390 g/mol. The molecule has 0 fully saturated rings. The Hall–Kier alpha value is -0.376. The Kier molecular flexibility index (Phi) is 13.6. The Bertz CT molecular complexity index is 391. The van der Waals surface area contributed by atoms with Crippen LogP contribution in [0.25, 0.3) is 0 Å². The predicted octanol–water partition coefficient (Wildman–Crippen LogP) is 1.59. The van der Waals surface area contributed by atoms with Crippen molar-refractivity contribution in [3.8, 4) is 0 Å². The van der Waals surface area contributed by atoms with Gasteiger partial charge in [-0.15, -0.1) is 0 Å². The maximum Gasteiger partial charge on any atom is 0.598 e. The van der Waals surface area contributed by atoms with Gasteiger partial charge in [0.05, 0.1) is 0 Å². The molecule has 0 amide bonds. The van der Waals surface area contributed by atoms with E-state index in [1.807, 2.05) is 11.5 Å². The van der Waals surface area contributed by atoms with E-state index in [1.165, 1.54) is 21.3 Å². The maximum absolute atomic E-state index is 12.3. The van der Waals surface area contributed by atoms with Gasteiger partial charge in [-0.3, -0.25) is 9.36 Å². The summed E-state index contributed by atoms with van der Waals surface area (Å²) in [5, 5.41) is 0. The zero-order valence-corrected chi connectivity index (χ0v) is 20.0. The van der Waals surface area contributed by atoms with Gasteiger partial charge in [-0.05, 0) is 32.4 Å². The molecule has 0 saturated carbocycles. The van der Waals surface area contributed by atoms with E-state index in [4.69, 9.17) is 31.3 Å². The van der Waals surface area contributed by atoms with Crippen molar-refractivity contribution < 1.29 is 36.1 Å². The van der Waals surface area contributed by atoms with E-state index in [-0.39, 0.29) is 12.4 Å². The smallest absolute Gasteiger partial charge is 0.458 e. The molecule has 0 aromatic heterocycles. The minimum atomic E-state index is -3.04. The highest BCUT2D eigenvalue weighted by molar-refractivity contribution is 6.62. The Balaban J connectivity index is 4.83. The summed E-state index contributed by atoms with van der Waals surface area (Å²) in [6.07, 6.45) is 2.29. The molecule has 0 radical (unpaired) electrons. The van der Waals surface area contributed by atoms with Gasteiger partial charge < -0.3 is 31.3 Å². The molecule has 0 aliphatic rings. The van der Waals surface area contributed by atoms with Crippen LogP contribution in [0.4, 0.5) is 0 Å². The molecule has 0 N–H and O–H groups in total. The number of nitrogens with zero attached hydrogens (tertiary/aromatic N) is 1. The molecule has 9 nitrogen and oxygen atoms in total. The summed E-state index contributed by atoms with van der Waals surface area (Å²) in [7, 11) is 3.30. The average Bonchev–Trinajstić information content (AvgIpc) is 2.70. The minimum absolute atomic E-state index is 0.250. The average molecular weight is 428 g/mol. The van der Waals surface area contributed by atoms with E-state index < -0.39 is 23.5 Å². The molecule has 162 valence electrons. The Morgan fingerprint density at radius 2 is 1.37 bits per heavy atom. The standard InChI is InChI=1S/C16H37NO8Si2/c1-9-13-17(27(22-6,23-7)24-8)14-11-12-15(18)25-16(10-2)26(19-3,20-4)21-5/h16H,9-14H2,1-8H3. The van der Waals surface area contributed by atoms with Gasteiger partial charge in [-0.2, -0.15) is 0 Å². The predicted molar refractivity (Wildman–Crippen MR) is 105 cm³/mol. The quantitative estimate of drug-likeness (QED) is 0.269. The second kappa shape index (κ2) is 13.7. The zero-order chi connectivity index (χ0) is 20.9. The highest BCUT2D eigenvalue weighted by Gasteiger charge is 2.49. The van der Waals surface area contributed by atoms with Crippen LogP contribution in [0.2, 0.25) is 0 Å². The van der Waals surface area contributed by atoms with Crippen LogP contribution < -0.4 is 0 Å². The van der Waals surface area contributed by atoms with E-state index >= 15 is 0 Å². The number of ether oxygens (including phenoxy) is 1. The number of carbonyl (C=O) groups is 1. The first-order chi connectivity index (χ1) is 12.9. The molecule has 0 aromatic carbocycles. The second-order valence-electron chi connectivity index (χ2n) is 5.83. The molecule has 0 aliphatic carbocycles. The molecule has 0 heterocycles. The Labute approximate surface area is 166 Å². The first kappa shape index (κ1) is 26.6. The van der Waals surface area contributed by atoms with E-state index in [0.717, 1.165) is 13.0 Å². The molecule has 0 rings (SSSR count). The topological polar surface area (TPSA) is 84.9 Å². The molecular formula is C16H37NO8Si2. The summed E-state index contributed by atoms with van der Waals surface area (Å²) in [5.41, 5.74) is -0.540. The molecule has 11 heteroatoms. The largest absolute Gasteiger partial charge is 0.598 e. The number of carbonyl (C=O) groups excluding carboxylic acids is 1. The van der Waals surface area contributed by atoms with Crippen LogP contribution >= 0.6 is 0 Å². The zero-order valence-electron chi connectivity index (χ0n) is 18.0. The lowest BCUT2D eigenvalue weighted by Gasteiger charge is -2.35. The van der Waals surface area contributed by atoms with Gasteiger partial charge in [-0.1, -0.05) is 13.8 Å². The van der Waals surface area contributed by atoms with Crippen molar-refractivity contribution in [3.63, 3.8) is 0 Å². The van der Waals surface area contributed by atoms with Gasteiger partial charge in [0.15, 0.2) is 5.73 Å². The number of esters is 1. The first-order valence-electron chi connectivity index (χ1n) is 9.14. The van der Waals surface area contributed by atoms with Crippen LogP contribution in [0.15, 0.2) is 0 Å². The molecule has 27 heavy (non-hydrogen) atoms. The van der Waals surface area contributed by atoms with E-state index in [2.05, 4.69) is 6.92 Å². The van der Waals surface area contributed by atoms with E-state index in [0.29, 0.717) is 19.4 Å². The minimum Gasteiger partial charge on any atom is -0.458 e. The molecule has 1 atom stereocenters. The molecule has 0 spiro atoms. The third kappa shape index (κ3) is 7.18. The number of hydrogen-bond donors (Lipinski definition) is 0. The molecule has 0 aliphatic heterocycles. The van der Waals surface area contributed by atoms with Crippen molar-refractivity contribution in [2.45, 2.75) is 45.3 Å². The van der Waals surface area contributed by atoms with Gasteiger partial charge in [0, 0.05) is 49.1 Å². The van der Waals surface area contributed by atoms with Crippen molar-refractivity contribution >= 4 is 23.7 Å². The van der Waals surface area contributed by atoms with Gasteiger partial charge in [-0.25, -0.2) is 0 Å². The Morgan fingerprint density at radius 3 is 1.74 bits per heavy atom. The Morgan fingerprint density at radius 1 is 0.852 bits per heavy atom. The fourth-order valence-electron chi connectivity index (χ4n) is 2.97. The van der Waals surface area contributed by atoms with Gasteiger partial charge in [0.2, 0.25) is 0 Å². The monoisotopic (exact) mass is 427 g/mol. The lowest BCUT2D eigenvalue weighted by atomic mass is 10.3. The van der Waals surface area contributed by atoms with E-state index in [9.17, 15) is 4.79 Å². The molecule has 0 aromatic rings. The van der Waals surface area contributed by atoms with Crippen molar-refractivity contribution in [1.82, 2.24) is 4.57 Å². The summed E-state index contributed by atoms with van der Waals surface area (Å²) < 4.78 is 40.5. The van der Waals surface area contributed by atoms with Crippen LogP contribution in [0.5, 0.6) is 0 Å². The summed E-state index contributed by atoms with van der Waals surface area (Å²) in [5.74, 6) is -0.319. The van der Waals surface area contributed by atoms with Gasteiger partial charge in [0.25, 0.3) is 0 Å². The highest BCUT2D eigenvalue weighted by atomic mass is 28.4. The second-order valence-corrected chi connectivity index (χ2v) is 11.8. The number of hydrogen-bond acceptors (Lipinski definition) is 9. The fraction of sp³-hybridized carbons (Fsp3) is 0.938. The van der Waals surface area contributed by atoms with Crippen LogP contribution in [-0.2, 0) is 36.1 Å². The summed E-state index contributed by atoms with van der Waals surface area (Å²) in [6.45, 7) is 5.32. The normalized spacial score (nSPS) is 13.8. The highest BCUT2D eigenvalue weighted by Crippen LogP contribution is 2.20. The SMILES string of the molecule is CCCN(CCCC(=O)OC(CC)[Si](OC)(OC)OC)[Si](OC)(OC)OC.